The van der Waals surface area contributed by atoms with Gasteiger partial charge in [-0.1, -0.05) is 23.2 Å². The van der Waals surface area contributed by atoms with Crippen LogP contribution < -0.4 is 4.90 Å². The van der Waals surface area contributed by atoms with Gasteiger partial charge in [-0.15, -0.1) is 11.3 Å². The van der Waals surface area contributed by atoms with Gasteiger partial charge in [0.15, 0.2) is 0 Å². The summed E-state index contributed by atoms with van der Waals surface area (Å²) in [4.78, 5) is 11.0. The molecule has 0 atom stereocenters. The average molecular weight is 324 g/mol. The summed E-state index contributed by atoms with van der Waals surface area (Å²) >= 11 is 13.7. The molecule has 2 heterocycles. The van der Waals surface area contributed by atoms with E-state index in [1.165, 1.54) is 0 Å². The van der Waals surface area contributed by atoms with Crippen molar-refractivity contribution in [1.29, 1.82) is 0 Å². The fraction of sp³-hybridized carbons (Fsp3) is 0.143. The number of thiazole rings is 1. The van der Waals surface area contributed by atoms with Crippen LogP contribution in [-0.4, -0.2) is 24.1 Å². The third-order valence-corrected chi connectivity index (χ3v) is 4.64. The van der Waals surface area contributed by atoms with Gasteiger partial charge in [-0.25, -0.2) is 9.97 Å². The fourth-order valence-corrected chi connectivity index (χ4v) is 3.35. The van der Waals surface area contributed by atoms with Crippen LogP contribution in [0.2, 0.25) is 10.0 Å². The van der Waals surface area contributed by atoms with Gasteiger partial charge >= 0.3 is 0 Å². The average Bonchev–Trinajstić information content (AvgIpc) is 2.82. The van der Waals surface area contributed by atoms with Gasteiger partial charge < -0.3 is 4.90 Å². The third-order valence-electron chi connectivity index (χ3n) is 2.87. The molecule has 0 N–H and O–H groups in total. The van der Waals surface area contributed by atoms with Crippen molar-refractivity contribution in [3.63, 3.8) is 0 Å². The van der Waals surface area contributed by atoms with E-state index >= 15 is 0 Å². The van der Waals surface area contributed by atoms with Gasteiger partial charge in [0.05, 0.1) is 25.8 Å². The smallest absolute Gasteiger partial charge is 0.138 e. The molecule has 0 aliphatic carbocycles. The highest BCUT2D eigenvalue weighted by Crippen LogP contribution is 2.37. The molecule has 0 aliphatic rings. The number of pyridine rings is 1. The molecule has 3 rings (SSSR count). The predicted molar refractivity (Wildman–Crippen MR) is 87.2 cm³/mol. The highest BCUT2D eigenvalue weighted by atomic mass is 35.5. The van der Waals surface area contributed by atoms with Crippen molar-refractivity contribution >= 4 is 50.6 Å². The molecular formula is C14H11Cl2N3S. The number of hydrogen-bond donors (Lipinski definition) is 0. The van der Waals surface area contributed by atoms with E-state index in [1.807, 2.05) is 37.2 Å². The maximum absolute atomic E-state index is 6.05. The second-order valence-electron chi connectivity index (χ2n) is 4.52. The zero-order chi connectivity index (χ0) is 14.3. The summed E-state index contributed by atoms with van der Waals surface area (Å²) in [6.45, 7) is 0. The second kappa shape index (κ2) is 5.20. The molecule has 1 aromatic carbocycles. The molecule has 0 aliphatic heterocycles. The highest BCUT2D eigenvalue weighted by Gasteiger charge is 2.13. The first-order chi connectivity index (χ1) is 9.56. The number of anilines is 1. The quantitative estimate of drug-likeness (QED) is 0.682. The number of halogens is 2. The Hall–Kier alpha value is -1.36. The monoisotopic (exact) mass is 323 g/mol. The van der Waals surface area contributed by atoms with Crippen molar-refractivity contribution in [2.45, 2.75) is 0 Å². The first kappa shape index (κ1) is 13.6. The number of nitrogens with zero attached hydrogens (tertiary/aromatic N) is 3. The summed E-state index contributed by atoms with van der Waals surface area (Å²) in [7, 11) is 3.93. The molecule has 0 radical (unpaired) electrons. The van der Waals surface area contributed by atoms with Crippen molar-refractivity contribution in [3.05, 3.63) is 40.5 Å². The van der Waals surface area contributed by atoms with Crippen LogP contribution >= 0.6 is 34.5 Å². The lowest BCUT2D eigenvalue weighted by atomic mass is 10.2. The van der Waals surface area contributed by atoms with Gasteiger partial charge in [0.2, 0.25) is 0 Å². The zero-order valence-corrected chi connectivity index (χ0v) is 13.2. The van der Waals surface area contributed by atoms with Gasteiger partial charge in [-0.3, -0.25) is 0 Å². The maximum Gasteiger partial charge on any atom is 0.138 e. The third kappa shape index (κ3) is 2.35. The molecule has 0 amide bonds. The Labute approximate surface area is 130 Å². The fourth-order valence-electron chi connectivity index (χ4n) is 1.96. The van der Waals surface area contributed by atoms with Crippen LogP contribution in [-0.2, 0) is 0 Å². The van der Waals surface area contributed by atoms with Gasteiger partial charge in [0.1, 0.15) is 10.8 Å². The van der Waals surface area contributed by atoms with Crippen LogP contribution in [0.25, 0.3) is 20.8 Å². The van der Waals surface area contributed by atoms with Crippen molar-refractivity contribution in [3.8, 4) is 10.6 Å². The number of fused-ring (bicyclic) bond motifs is 1. The molecule has 2 aromatic heterocycles. The van der Waals surface area contributed by atoms with Crippen molar-refractivity contribution in [1.82, 2.24) is 9.97 Å². The first-order valence-corrected chi connectivity index (χ1v) is 7.52. The van der Waals surface area contributed by atoms with E-state index in [0.717, 1.165) is 26.6 Å². The van der Waals surface area contributed by atoms with Crippen LogP contribution in [0, 0.1) is 0 Å². The summed E-state index contributed by atoms with van der Waals surface area (Å²) in [6, 6.07) is 7.58. The Morgan fingerprint density at radius 3 is 2.65 bits per heavy atom. The lowest BCUT2D eigenvalue weighted by Gasteiger charge is -2.13. The number of hydrogen-bond acceptors (Lipinski definition) is 4. The Morgan fingerprint density at radius 1 is 1.15 bits per heavy atom. The Kier molecular flexibility index (Phi) is 3.54. The molecule has 0 fully saturated rings. The van der Waals surface area contributed by atoms with E-state index in [9.17, 15) is 0 Å². The molecule has 3 aromatic rings. The van der Waals surface area contributed by atoms with Crippen molar-refractivity contribution in [2.24, 2.45) is 0 Å². The standard InChI is InChI=1S/C14H11Cl2N3S/c1-19(2)13-8(4-3-5-17-13)14-18-11-6-9(15)10(16)7-12(11)20-14/h3-7H,1-2H3. The first-order valence-electron chi connectivity index (χ1n) is 5.94. The van der Waals surface area contributed by atoms with Crippen LogP contribution in [0.3, 0.4) is 0 Å². The van der Waals surface area contributed by atoms with Gasteiger partial charge in [0.25, 0.3) is 0 Å². The van der Waals surface area contributed by atoms with Crippen molar-refractivity contribution < 1.29 is 0 Å². The molecule has 0 unspecified atom stereocenters. The molecule has 6 heteroatoms. The lowest BCUT2D eigenvalue weighted by Crippen LogP contribution is -2.11. The van der Waals surface area contributed by atoms with Gasteiger partial charge in [-0.05, 0) is 24.3 Å². The van der Waals surface area contributed by atoms with E-state index in [4.69, 9.17) is 23.2 Å². The summed E-state index contributed by atoms with van der Waals surface area (Å²) in [5, 5.41) is 1.98. The largest absolute Gasteiger partial charge is 0.362 e. The van der Waals surface area contributed by atoms with Crippen molar-refractivity contribution in [2.75, 3.05) is 19.0 Å². The van der Waals surface area contributed by atoms with E-state index in [-0.39, 0.29) is 0 Å². The van der Waals surface area contributed by atoms with Gasteiger partial charge in [-0.2, -0.15) is 0 Å². The summed E-state index contributed by atoms with van der Waals surface area (Å²) in [6.07, 6.45) is 1.78. The van der Waals surface area contributed by atoms with E-state index in [1.54, 1.807) is 23.6 Å². The van der Waals surface area contributed by atoms with Gasteiger partial charge in [0, 0.05) is 20.3 Å². The Balaban J connectivity index is 2.20. The lowest BCUT2D eigenvalue weighted by molar-refractivity contribution is 1.07. The summed E-state index contributed by atoms with van der Waals surface area (Å²) in [5.74, 6) is 0.892. The zero-order valence-electron chi connectivity index (χ0n) is 10.9. The molecule has 3 nitrogen and oxygen atoms in total. The minimum absolute atomic E-state index is 0.523. The highest BCUT2D eigenvalue weighted by molar-refractivity contribution is 7.21. The van der Waals surface area contributed by atoms with E-state index in [2.05, 4.69) is 9.97 Å². The second-order valence-corrected chi connectivity index (χ2v) is 6.37. The molecule has 0 spiro atoms. The topological polar surface area (TPSA) is 29.0 Å². The normalized spacial score (nSPS) is 11.0. The molecule has 0 saturated carbocycles. The summed E-state index contributed by atoms with van der Waals surface area (Å²) < 4.78 is 1.02. The minimum atomic E-state index is 0.523. The SMILES string of the molecule is CN(C)c1ncccc1-c1nc2cc(Cl)c(Cl)cc2s1. The van der Waals surface area contributed by atoms with E-state index in [0.29, 0.717) is 10.0 Å². The maximum atomic E-state index is 6.05. The molecule has 0 saturated heterocycles. The summed E-state index contributed by atoms with van der Waals surface area (Å²) in [5.41, 5.74) is 1.86. The minimum Gasteiger partial charge on any atom is -0.362 e. The molecule has 20 heavy (non-hydrogen) atoms. The molecule has 102 valence electrons. The number of benzene rings is 1. The van der Waals surface area contributed by atoms with Crippen LogP contribution in [0.15, 0.2) is 30.5 Å². The number of aromatic nitrogens is 2. The number of rotatable bonds is 2. The van der Waals surface area contributed by atoms with Crippen LogP contribution in [0.5, 0.6) is 0 Å². The molecular weight excluding hydrogens is 313 g/mol. The van der Waals surface area contributed by atoms with E-state index < -0.39 is 0 Å². The predicted octanol–water partition coefficient (Wildman–Crippen LogP) is 4.73. The Bertz CT molecular complexity index is 744. The van der Waals surface area contributed by atoms with Crippen LogP contribution in [0.4, 0.5) is 5.82 Å². The Morgan fingerprint density at radius 2 is 1.90 bits per heavy atom. The molecule has 0 bridgehead atoms. The van der Waals surface area contributed by atoms with Crippen LogP contribution in [0.1, 0.15) is 0 Å².